The van der Waals surface area contributed by atoms with Crippen LogP contribution in [0.2, 0.25) is 5.02 Å². The molecule has 1 saturated heterocycles. The van der Waals surface area contributed by atoms with E-state index in [1.54, 1.807) is 0 Å². The van der Waals surface area contributed by atoms with Crippen molar-refractivity contribution < 1.29 is 4.52 Å². The van der Waals surface area contributed by atoms with E-state index in [1.807, 2.05) is 30.0 Å². The van der Waals surface area contributed by atoms with Crippen molar-refractivity contribution in [1.29, 1.82) is 0 Å². The summed E-state index contributed by atoms with van der Waals surface area (Å²) in [5, 5.41) is 8.07. The predicted octanol–water partition coefficient (Wildman–Crippen LogP) is 3.53. The third-order valence-corrected chi connectivity index (χ3v) is 5.12. The van der Waals surface area contributed by atoms with E-state index in [9.17, 15) is 0 Å². The van der Waals surface area contributed by atoms with Gasteiger partial charge < -0.3 is 9.84 Å². The first-order chi connectivity index (χ1) is 9.24. The number of benzene rings is 1. The minimum atomic E-state index is 0.149. The normalized spacial score (nSPS) is 19.6. The monoisotopic (exact) mass is 359 g/mol. The number of aromatic nitrogens is 2. The summed E-state index contributed by atoms with van der Waals surface area (Å²) in [6.45, 7) is 0.972. The molecule has 1 unspecified atom stereocenters. The van der Waals surface area contributed by atoms with Crippen molar-refractivity contribution in [1.82, 2.24) is 15.5 Å². The maximum absolute atomic E-state index is 5.97. The highest BCUT2D eigenvalue weighted by molar-refractivity contribution is 9.10. The lowest BCUT2D eigenvalue weighted by Crippen LogP contribution is -2.30. The van der Waals surface area contributed by atoms with E-state index >= 15 is 0 Å². The molecule has 1 aliphatic rings. The fourth-order valence-electron chi connectivity index (χ4n) is 1.85. The molecule has 0 bridgehead atoms. The van der Waals surface area contributed by atoms with Gasteiger partial charge in [0, 0.05) is 28.1 Å². The van der Waals surface area contributed by atoms with Gasteiger partial charge in [-0.2, -0.15) is 16.7 Å². The van der Waals surface area contributed by atoms with Crippen LogP contribution in [0, 0.1) is 0 Å². The maximum Gasteiger partial charge on any atom is 0.244 e. The molecule has 1 aromatic carbocycles. The Morgan fingerprint density at radius 3 is 3.11 bits per heavy atom. The molecule has 0 spiro atoms. The Hall–Kier alpha value is -0.560. The fraction of sp³-hybridized carbons (Fsp3) is 0.333. The van der Waals surface area contributed by atoms with Crippen molar-refractivity contribution in [2.75, 3.05) is 18.1 Å². The molecule has 1 aliphatic heterocycles. The number of nitrogens with one attached hydrogen (secondary N) is 1. The second-order valence-electron chi connectivity index (χ2n) is 4.17. The van der Waals surface area contributed by atoms with E-state index in [1.165, 1.54) is 0 Å². The quantitative estimate of drug-likeness (QED) is 0.888. The van der Waals surface area contributed by atoms with E-state index in [2.05, 4.69) is 31.4 Å². The van der Waals surface area contributed by atoms with Crippen LogP contribution in [-0.4, -0.2) is 28.2 Å². The molecular weight excluding hydrogens is 350 g/mol. The third-order valence-electron chi connectivity index (χ3n) is 2.84. The van der Waals surface area contributed by atoms with E-state index in [-0.39, 0.29) is 6.04 Å². The summed E-state index contributed by atoms with van der Waals surface area (Å²) in [6.07, 6.45) is 0. The predicted molar refractivity (Wildman–Crippen MR) is 80.5 cm³/mol. The van der Waals surface area contributed by atoms with Crippen LogP contribution in [0.3, 0.4) is 0 Å². The van der Waals surface area contributed by atoms with Crippen LogP contribution in [-0.2, 0) is 0 Å². The highest BCUT2D eigenvalue weighted by atomic mass is 79.9. The molecule has 0 aliphatic carbocycles. The molecule has 0 radical (unpaired) electrons. The number of hydrogen-bond acceptors (Lipinski definition) is 5. The van der Waals surface area contributed by atoms with Gasteiger partial charge in [0.1, 0.15) is 0 Å². The number of thioether (sulfide) groups is 1. The summed E-state index contributed by atoms with van der Waals surface area (Å²) in [5.41, 5.74) is 0.884. The van der Waals surface area contributed by atoms with Crippen LogP contribution in [0.5, 0.6) is 0 Å². The largest absolute Gasteiger partial charge is 0.337 e. The average molecular weight is 361 g/mol. The van der Waals surface area contributed by atoms with Gasteiger partial charge in [-0.05, 0) is 34.1 Å². The Kier molecular flexibility index (Phi) is 4.12. The summed E-state index contributed by atoms with van der Waals surface area (Å²) in [5.74, 6) is 3.33. The second-order valence-corrected chi connectivity index (χ2v) is 6.58. The smallest absolute Gasteiger partial charge is 0.244 e. The first kappa shape index (κ1) is 13.4. The van der Waals surface area contributed by atoms with E-state index in [0.717, 1.165) is 28.1 Å². The van der Waals surface area contributed by atoms with Gasteiger partial charge in [0.15, 0.2) is 0 Å². The molecule has 2 aromatic rings. The van der Waals surface area contributed by atoms with Crippen molar-refractivity contribution in [2.45, 2.75) is 6.04 Å². The Morgan fingerprint density at radius 2 is 2.37 bits per heavy atom. The molecule has 2 heterocycles. The topological polar surface area (TPSA) is 51.0 Å². The Bertz CT molecular complexity index is 586. The van der Waals surface area contributed by atoms with Crippen LogP contribution in [0.25, 0.3) is 11.4 Å². The van der Waals surface area contributed by atoms with Gasteiger partial charge in [0.05, 0.1) is 11.1 Å². The zero-order valence-corrected chi connectivity index (χ0v) is 13.1. The van der Waals surface area contributed by atoms with Crippen molar-refractivity contribution in [3.8, 4) is 11.4 Å². The van der Waals surface area contributed by atoms with Gasteiger partial charge in [0.2, 0.25) is 11.7 Å². The molecule has 1 N–H and O–H groups in total. The van der Waals surface area contributed by atoms with Gasteiger partial charge >= 0.3 is 0 Å². The van der Waals surface area contributed by atoms with E-state index < -0.39 is 0 Å². The maximum atomic E-state index is 5.97. The average Bonchev–Trinajstić information content (AvgIpc) is 2.93. The minimum absolute atomic E-state index is 0.149. The summed E-state index contributed by atoms with van der Waals surface area (Å²) < 4.78 is 6.17. The molecule has 100 valence electrons. The fourth-order valence-corrected chi connectivity index (χ4v) is 3.27. The number of nitrogens with zero attached hydrogens (tertiary/aromatic N) is 2. The van der Waals surface area contributed by atoms with Crippen LogP contribution >= 0.6 is 39.3 Å². The molecule has 3 rings (SSSR count). The van der Waals surface area contributed by atoms with Crippen LogP contribution < -0.4 is 5.32 Å². The molecule has 19 heavy (non-hydrogen) atoms. The Morgan fingerprint density at radius 1 is 1.47 bits per heavy atom. The molecule has 1 atom stereocenters. The summed E-state index contributed by atoms with van der Waals surface area (Å²) in [4.78, 5) is 4.46. The van der Waals surface area contributed by atoms with Gasteiger partial charge in [0.25, 0.3) is 0 Å². The third kappa shape index (κ3) is 2.97. The highest BCUT2D eigenvalue weighted by Gasteiger charge is 2.21. The van der Waals surface area contributed by atoms with Gasteiger partial charge in [-0.15, -0.1) is 0 Å². The zero-order valence-electron chi connectivity index (χ0n) is 9.90. The molecule has 0 saturated carbocycles. The molecule has 1 fully saturated rings. The molecule has 1 aromatic heterocycles. The zero-order chi connectivity index (χ0) is 13.2. The van der Waals surface area contributed by atoms with Crippen LogP contribution in [0.4, 0.5) is 0 Å². The lowest BCUT2D eigenvalue weighted by atomic mass is 10.2. The van der Waals surface area contributed by atoms with Crippen LogP contribution in [0.1, 0.15) is 11.9 Å². The Labute approximate surface area is 128 Å². The second kappa shape index (κ2) is 5.83. The molecule has 0 amide bonds. The minimum Gasteiger partial charge on any atom is -0.337 e. The first-order valence-electron chi connectivity index (χ1n) is 5.84. The lowest BCUT2D eigenvalue weighted by Gasteiger charge is -2.19. The van der Waals surface area contributed by atoms with E-state index in [4.69, 9.17) is 16.1 Å². The van der Waals surface area contributed by atoms with Gasteiger partial charge in [-0.3, -0.25) is 0 Å². The summed E-state index contributed by atoms with van der Waals surface area (Å²) in [7, 11) is 0. The van der Waals surface area contributed by atoms with Gasteiger partial charge in [-0.25, -0.2) is 0 Å². The molecular formula is C12H11BrClN3OS. The standard InChI is InChI=1S/C12H11BrClN3OS/c13-8-5-7(1-2-9(8)14)11-16-12(18-17-11)10-6-19-4-3-15-10/h1-2,5,10,15H,3-4,6H2. The van der Waals surface area contributed by atoms with Gasteiger partial charge in [-0.1, -0.05) is 16.8 Å². The number of rotatable bonds is 2. The van der Waals surface area contributed by atoms with Crippen molar-refractivity contribution >= 4 is 39.3 Å². The number of hydrogen-bond donors (Lipinski definition) is 1. The lowest BCUT2D eigenvalue weighted by molar-refractivity contribution is 0.342. The highest BCUT2D eigenvalue weighted by Crippen LogP contribution is 2.28. The summed E-state index contributed by atoms with van der Waals surface area (Å²) >= 11 is 11.3. The SMILES string of the molecule is Clc1ccc(-c2noc(C3CSCCN3)n2)cc1Br. The van der Waals surface area contributed by atoms with Crippen molar-refractivity contribution in [3.05, 3.63) is 33.6 Å². The Balaban J connectivity index is 1.85. The van der Waals surface area contributed by atoms with Crippen LogP contribution in [0.15, 0.2) is 27.2 Å². The molecule has 4 nitrogen and oxygen atoms in total. The first-order valence-corrected chi connectivity index (χ1v) is 8.17. The number of halogens is 2. The van der Waals surface area contributed by atoms with Crippen molar-refractivity contribution in [2.24, 2.45) is 0 Å². The van der Waals surface area contributed by atoms with Crippen molar-refractivity contribution in [3.63, 3.8) is 0 Å². The molecule has 7 heteroatoms. The van der Waals surface area contributed by atoms with E-state index in [0.29, 0.717) is 16.7 Å². The summed E-state index contributed by atoms with van der Waals surface area (Å²) in [6, 6.07) is 5.73.